The van der Waals surface area contributed by atoms with E-state index >= 15 is 0 Å². The third kappa shape index (κ3) is 6.17. The number of terminal acetylenes is 1. The number of anilines is 1. The Kier molecular flexibility index (Phi) is 6.96. The average Bonchev–Trinajstić information content (AvgIpc) is 3.23. The zero-order chi connectivity index (χ0) is 22.1. The molecule has 2 aromatic carbocycles. The first-order valence-electron chi connectivity index (χ1n) is 9.20. The van der Waals surface area contributed by atoms with Crippen molar-refractivity contribution in [3.8, 4) is 24.2 Å². The van der Waals surface area contributed by atoms with Crippen LogP contribution < -0.4 is 15.4 Å². The van der Waals surface area contributed by atoms with Gasteiger partial charge in [0.25, 0.3) is 0 Å². The summed E-state index contributed by atoms with van der Waals surface area (Å²) in [6.45, 7) is 0.683. The summed E-state index contributed by atoms with van der Waals surface area (Å²) in [6.07, 6.45) is 6.60. The Morgan fingerprint density at radius 2 is 1.94 bits per heavy atom. The molecule has 2 amide bonds. The maximum Gasteiger partial charge on any atom is 0.316 e. The lowest BCUT2D eigenvalue weighted by molar-refractivity contribution is -0.136. The van der Waals surface area contributed by atoms with E-state index in [2.05, 4.69) is 32.7 Å². The van der Waals surface area contributed by atoms with Gasteiger partial charge in [0.1, 0.15) is 18.7 Å². The molecule has 0 fully saturated rings. The molecule has 0 aliphatic carbocycles. The summed E-state index contributed by atoms with van der Waals surface area (Å²) < 4.78 is 6.83. The van der Waals surface area contributed by atoms with Gasteiger partial charge in [-0.25, -0.2) is 9.67 Å². The van der Waals surface area contributed by atoms with Crippen molar-refractivity contribution in [2.75, 3.05) is 11.9 Å². The molecule has 0 saturated heterocycles. The molecule has 1 aromatic heterocycles. The Labute approximate surface area is 178 Å². The van der Waals surface area contributed by atoms with Crippen LogP contribution in [0.1, 0.15) is 16.7 Å². The van der Waals surface area contributed by atoms with Crippen LogP contribution in [0.15, 0.2) is 54.9 Å². The van der Waals surface area contributed by atoms with Crippen LogP contribution in [0.5, 0.6) is 5.75 Å². The molecule has 3 aromatic rings. The van der Waals surface area contributed by atoms with E-state index in [9.17, 15) is 9.59 Å². The number of carbonyl (C=O) groups excluding carboxylic acids is 2. The largest absolute Gasteiger partial charge is 0.481 e. The normalized spacial score (nSPS) is 9.87. The lowest BCUT2D eigenvalue weighted by atomic mass is 10.1. The van der Waals surface area contributed by atoms with E-state index in [1.54, 1.807) is 48.5 Å². The third-order valence-corrected chi connectivity index (χ3v) is 4.07. The second-order valence-corrected chi connectivity index (χ2v) is 6.35. The van der Waals surface area contributed by atoms with Crippen molar-refractivity contribution in [1.29, 1.82) is 5.26 Å². The molecule has 0 saturated carbocycles. The van der Waals surface area contributed by atoms with Crippen LogP contribution in [0.2, 0.25) is 0 Å². The number of nitriles is 1. The second kappa shape index (κ2) is 10.2. The van der Waals surface area contributed by atoms with Crippen LogP contribution in [0.3, 0.4) is 0 Å². The lowest BCUT2D eigenvalue weighted by Crippen LogP contribution is -2.35. The summed E-state index contributed by atoms with van der Waals surface area (Å²) in [5.74, 6) is 1.26. The highest BCUT2D eigenvalue weighted by Gasteiger charge is 2.15. The third-order valence-electron chi connectivity index (χ3n) is 4.07. The average molecular weight is 414 g/mol. The SMILES string of the molecule is C#CCOc1cccc(CNC(=O)C(=O)Nc2ncn(Cc3ccc(C#N)cc3)n2)c1. The minimum absolute atomic E-state index is 0.0125. The highest BCUT2D eigenvalue weighted by Crippen LogP contribution is 2.13. The van der Waals surface area contributed by atoms with Crippen molar-refractivity contribution in [2.45, 2.75) is 13.1 Å². The van der Waals surface area contributed by atoms with E-state index in [1.807, 2.05) is 0 Å². The van der Waals surface area contributed by atoms with Crippen LogP contribution in [-0.4, -0.2) is 33.2 Å². The molecule has 0 aliphatic rings. The Hall–Kier alpha value is -4.63. The van der Waals surface area contributed by atoms with Crippen LogP contribution in [0, 0.1) is 23.7 Å². The van der Waals surface area contributed by atoms with Gasteiger partial charge in [-0.1, -0.05) is 30.2 Å². The van der Waals surface area contributed by atoms with Crippen molar-refractivity contribution >= 4 is 17.8 Å². The lowest BCUT2D eigenvalue weighted by Gasteiger charge is -2.07. The van der Waals surface area contributed by atoms with Gasteiger partial charge in [-0.3, -0.25) is 14.9 Å². The van der Waals surface area contributed by atoms with Crippen LogP contribution >= 0.6 is 0 Å². The fourth-order valence-electron chi connectivity index (χ4n) is 2.59. The van der Waals surface area contributed by atoms with Gasteiger partial charge in [0.05, 0.1) is 18.2 Å². The number of nitrogens with zero attached hydrogens (tertiary/aromatic N) is 4. The Bertz CT molecular complexity index is 1150. The molecule has 1 heterocycles. The molecule has 2 N–H and O–H groups in total. The minimum atomic E-state index is -0.879. The summed E-state index contributed by atoms with van der Waals surface area (Å²) >= 11 is 0. The molecule has 0 aliphatic heterocycles. The van der Waals surface area contributed by atoms with Gasteiger partial charge in [0.2, 0.25) is 5.95 Å². The zero-order valence-electron chi connectivity index (χ0n) is 16.4. The number of nitrogens with one attached hydrogen (secondary N) is 2. The maximum atomic E-state index is 12.1. The van der Waals surface area contributed by atoms with E-state index in [0.29, 0.717) is 17.9 Å². The van der Waals surface area contributed by atoms with Gasteiger partial charge in [-0.2, -0.15) is 5.26 Å². The molecule has 9 nitrogen and oxygen atoms in total. The van der Waals surface area contributed by atoms with E-state index in [4.69, 9.17) is 16.4 Å². The molecular weight excluding hydrogens is 396 g/mol. The molecule has 0 unspecified atom stereocenters. The van der Waals surface area contributed by atoms with Gasteiger partial charge in [0, 0.05) is 6.54 Å². The predicted octanol–water partition coefficient (Wildman–Crippen LogP) is 1.46. The van der Waals surface area contributed by atoms with Crippen molar-refractivity contribution in [3.05, 3.63) is 71.5 Å². The highest BCUT2D eigenvalue weighted by atomic mass is 16.5. The summed E-state index contributed by atoms with van der Waals surface area (Å²) in [5, 5.41) is 17.8. The van der Waals surface area contributed by atoms with E-state index in [1.165, 1.54) is 11.0 Å². The number of aromatic nitrogens is 3. The topological polar surface area (TPSA) is 122 Å². The number of amides is 2. The monoisotopic (exact) mass is 414 g/mol. The maximum absolute atomic E-state index is 12.1. The number of hydrogen-bond donors (Lipinski definition) is 2. The fraction of sp³-hybridized carbons (Fsp3) is 0.136. The van der Waals surface area contributed by atoms with Crippen molar-refractivity contribution < 1.29 is 14.3 Å². The first kappa shape index (κ1) is 21.1. The second-order valence-electron chi connectivity index (χ2n) is 6.35. The van der Waals surface area contributed by atoms with Gasteiger partial charge in [-0.15, -0.1) is 11.5 Å². The first-order chi connectivity index (χ1) is 15.1. The van der Waals surface area contributed by atoms with Crippen LogP contribution in [0.25, 0.3) is 0 Å². The fourth-order valence-corrected chi connectivity index (χ4v) is 2.59. The van der Waals surface area contributed by atoms with E-state index in [-0.39, 0.29) is 19.1 Å². The number of carbonyl (C=O) groups is 2. The number of benzene rings is 2. The standard InChI is InChI=1S/C22H18N6O3/c1-2-10-31-19-5-3-4-18(11-19)13-24-20(29)21(30)26-22-25-15-28(27-22)14-17-8-6-16(12-23)7-9-17/h1,3-9,11,15H,10,13-14H2,(H,24,29)(H,26,27,30). The summed E-state index contributed by atoms with van der Waals surface area (Å²) in [6, 6.07) is 16.1. The molecule has 154 valence electrons. The highest BCUT2D eigenvalue weighted by molar-refractivity contribution is 6.39. The minimum Gasteiger partial charge on any atom is -0.481 e. The smallest absolute Gasteiger partial charge is 0.316 e. The summed E-state index contributed by atoms with van der Waals surface area (Å²) in [4.78, 5) is 28.1. The van der Waals surface area contributed by atoms with E-state index in [0.717, 1.165) is 11.1 Å². The van der Waals surface area contributed by atoms with Gasteiger partial charge < -0.3 is 10.1 Å². The van der Waals surface area contributed by atoms with Crippen molar-refractivity contribution in [3.63, 3.8) is 0 Å². The Morgan fingerprint density at radius 3 is 2.68 bits per heavy atom. The summed E-state index contributed by atoms with van der Waals surface area (Å²) in [5.41, 5.74) is 2.22. The molecule has 3 rings (SSSR count). The molecule has 31 heavy (non-hydrogen) atoms. The van der Waals surface area contributed by atoms with Crippen LogP contribution in [0.4, 0.5) is 5.95 Å². The van der Waals surface area contributed by atoms with E-state index < -0.39 is 11.8 Å². The molecule has 9 heteroatoms. The summed E-state index contributed by atoms with van der Waals surface area (Å²) in [7, 11) is 0. The van der Waals surface area contributed by atoms with Gasteiger partial charge in [-0.05, 0) is 35.4 Å². The Balaban J connectivity index is 1.50. The van der Waals surface area contributed by atoms with Crippen molar-refractivity contribution in [2.24, 2.45) is 0 Å². The molecule has 0 bridgehead atoms. The Morgan fingerprint density at radius 1 is 1.13 bits per heavy atom. The molecular formula is C22H18N6O3. The number of ether oxygens (including phenoxy) is 1. The quantitative estimate of drug-likeness (QED) is 0.446. The van der Waals surface area contributed by atoms with Crippen LogP contribution in [-0.2, 0) is 22.7 Å². The molecule has 0 atom stereocenters. The van der Waals surface area contributed by atoms with Crippen molar-refractivity contribution in [1.82, 2.24) is 20.1 Å². The number of hydrogen-bond acceptors (Lipinski definition) is 6. The zero-order valence-corrected chi connectivity index (χ0v) is 16.4. The first-order valence-corrected chi connectivity index (χ1v) is 9.20. The molecule has 0 radical (unpaired) electrons. The number of rotatable bonds is 7. The predicted molar refractivity (Wildman–Crippen MR) is 112 cm³/mol. The van der Waals surface area contributed by atoms with Gasteiger partial charge in [0.15, 0.2) is 0 Å². The van der Waals surface area contributed by atoms with Gasteiger partial charge >= 0.3 is 11.8 Å². The molecule has 0 spiro atoms.